The van der Waals surface area contributed by atoms with Crippen LogP contribution in [0.5, 0.6) is 0 Å². The number of hydrogen-bond acceptors (Lipinski definition) is 5. The third-order valence-electron chi connectivity index (χ3n) is 7.58. The standard InChI is InChI=1S/C38H26ClN7O2/c39-29-17-19-30(20-18-29)42-43-35(25-9-3-1-4-10-25)44-45-37(47)27-15-21-31(22-16-27)46-36(26-11-5-2-6-12-26)41-34(38(46)48)23-28-24-40-33-14-8-7-13-32(28)33/h1-24,40H,(H,45,47)/b34-23-,43-42?,44-35-. The predicted octanol–water partition coefficient (Wildman–Crippen LogP) is 8.53. The number of hydrazone groups is 1. The molecule has 0 radical (unpaired) electrons. The van der Waals surface area contributed by atoms with Crippen LogP contribution in [-0.4, -0.2) is 28.5 Å². The average Bonchev–Trinajstić information content (AvgIpc) is 3.70. The number of azo groups is 1. The van der Waals surface area contributed by atoms with Crippen molar-refractivity contribution in [1.82, 2.24) is 10.4 Å². The summed E-state index contributed by atoms with van der Waals surface area (Å²) in [5.41, 5.74) is 7.65. The minimum atomic E-state index is -0.457. The quantitative estimate of drug-likeness (QED) is 0.0594. The molecule has 10 heteroatoms. The highest BCUT2D eigenvalue weighted by Crippen LogP contribution is 2.30. The number of aromatic nitrogens is 1. The molecule has 0 atom stereocenters. The van der Waals surface area contributed by atoms with Gasteiger partial charge in [0.15, 0.2) is 0 Å². The number of halogens is 1. The van der Waals surface area contributed by atoms with Gasteiger partial charge < -0.3 is 4.98 Å². The number of amides is 2. The number of aliphatic imine (C=N–C) groups is 1. The number of carbonyl (C=O) groups is 2. The van der Waals surface area contributed by atoms with Crippen LogP contribution in [0.25, 0.3) is 17.0 Å². The van der Waals surface area contributed by atoms with E-state index in [0.29, 0.717) is 39.1 Å². The Labute approximate surface area is 280 Å². The fourth-order valence-electron chi connectivity index (χ4n) is 5.17. The molecule has 9 nitrogen and oxygen atoms in total. The summed E-state index contributed by atoms with van der Waals surface area (Å²) in [6.45, 7) is 0. The van der Waals surface area contributed by atoms with Crippen LogP contribution in [0.4, 0.5) is 11.4 Å². The Morgan fingerprint density at radius 2 is 1.48 bits per heavy atom. The summed E-state index contributed by atoms with van der Waals surface area (Å²) >= 11 is 5.98. The molecule has 48 heavy (non-hydrogen) atoms. The first-order valence-electron chi connectivity index (χ1n) is 15.0. The summed E-state index contributed by atoms with van der Waals surface area (Å²) in [6, 6.07) is 40.2. The van der Waals surface area contributed by atoms with Crippen LogP contribution < -0.4 is 10.3 Å². The Balaban J connectivity index is 1.15. The van der Waals surface area contributed by atoms with Crippen LogP contribution in [-0.2, 0) is 4.79 Å². The molecular weight excluding hydrogens is 622 g/mol. The number of anilines is 1. The molecule has 5 aromatic carbocycles. The van der Waals surface area contributed by atoms with Crippen molar-refractivity contribution in [3.8, 4) is 0 Å². The van der Waals surface area contributed by atoms with E-state index in [1.54, 1.807) is 59.5 Å². The highest BCUT2D eigenvalue weighted by molar-refractivity contribution is 6.33. The Kier molecular flexibility index (Phi) is 8.50. The van der Waals surface area contributed by atoms with E-state index < -0.39 is 5.91 Å². The molecule has 232 valence electrons. The lowest BCUT2D eigenvalue weighted by Gasteiger charge is -2.18. The Morgan fingerprint density at radius 3 is 2.23 bits per heavy atom. The second-order valence-corrected chi connectivity index (χ2v) is 11.2. The van der Waals surface area contributed by atoms with Crippen molar-refractivity contribution in [3.63, 3.8) is 0 Å². The second-order valence-electron chi connectivity index (χ2n) is 10.7. The number of nitrogens with zero attached hydrogens (tertiary/aromatic N) is 5. The lowest BCUT2D eigenvalue weighted by Crippen LogP contribution is -2.32. The van der Waals surface area contributed by atoms with Crippen LogP contribution in [0, 0.1) is 0 Å². The van der Waals surface area contributed by atoms with Gasteiger partial charge in [-0.15, -0.1) is 15.3 Å². The summed E-state index contributed by atoms with van der Waals surface area (Å²) in [7, 11) is 0. The second kappa shape index (κ2) is 13.5. The largest absolute Gasteiger partial charge is 0.361 e. The minimum Gasteiger partial charge on any atom is -0.361 e. The smallest absolute Gasteiger partial charge is 0.282 e. The van der Waals surface area contributed by atoms with Crippen molar-refractivity contribution < 1.29 is 9.59 Å². The molecule has 7 rings (SSSR count). The third-order valence-corrected chi connectivity index (χ3v) is 7.83. The van der Waals surface area contributed by atoms with E-state index in [4.69, 9.17) is 16.6 Å². The lowest BCUT2D eigenvalue weighted by molar-refractivity contribution is -0.113. The Morgan fingerprint density at radius 1 is 0.792 bits per heavy atom. The number of nitrogens with one attached hydrogen (secondary N) is 2. The zero-order valence-corrected chi connectivity index (χ0v) is 26.0. The number of carbonyl (C=O) groups excluding carboxylic acids is 2. The van der Waals surface area contributed by atoms with Gasteiger partial charge in [-0.1, -0.05) is 90.5 Å². The van der Waals surface area contributed by atoms with Gasteiger partial charge in [0.1, 0.15) is 11.5 Å². The van der Waals surface area contributed by atoms with E-state index >= 15 is 0 Å². The molecule has 6 aromatic rings. The van der Waals surface area contributed by atoms with Crippen molar-refractivity contribution >= 4 is 63.4 Å². The highest BCUT2D eigenvalue weighted by Gasteiger charge is 2.32. The molecule has 0 unspecified atom stereocenters. The van der Waals surface area contributed by atoms with E-state index in [1.807, 2.05) is 91.1 Å². The topological polar surface area (TPSA) is 115 Å². The SMILES string of the molecule is O=C(N/N=C(\N=Nc1ccc(Cl)cc1)c1ccccc1)c1ccc(N2C(=O)/C(=C/c3c[nH]c4ccccc34)N=C2c2ccccc2)cc1. The fourth-order valence-corrected chi connectivity index (χ4v) is 5.30. The molecule has 2 heterocycles. The van der Waals surface area contributed by atoms with E-state index in [0.717, 1.165) is 22.0 Å². The maximum atomic E-state index is 13.9. The van der Waals surface area contributed by atoms with Gasteiger partial charge in [-0.25, -0.2) is 10.4 Å². The summed E-state index contributed by atoms with van der Waals surface area (Å²) in [6.07, 6.45) is 3.65. The van der Waals surface area contributed by atoms with Crippen molar-refractivity contribution in [3.05, 3.63) is 173 Å². The molecule has 0 spiro atoms. The number of fused-ring (bicyclic) bond motifs is 1. The molecule has 1 aliphatic rings. The third kappa shape index (κ3) is 6.44. The monoisotopic (exact) mass is 647 g/mol. The molecule has 0 saturated heterocycles. The summed E-state index contributed by atoms with van der Waals surface area (Å²) in [4.78, 5) is 36.6. The zero-order valence-electron chi connectivity index (χ0n) is 25.3. The number of rotatable bonds is 7. The molecule has 1 aromatic heterocycles. The van der Waals surface area contributed by atoms with Crippen molar-refractivity contribution in [2.45, 2.75) is 0 Å². The number of H-pyrrole nitrogens is 1. The van der Waals surface area contributed by atoms with Crippen molar-refractivity contribution in [2.24, 2.45) is 20.3 Å². The Bertz CT molecular complexity index is 2240. The van der Waals surface area contributed by atoms with Gasteiger partial charge in [0.25, 0.3) is 11.8 Å². The van der Waals surface area contributed by atoms with Gasteiger partial charge in [-0.3, -0.25) is 14.5 Å². The minimum absolute atomic E-state index is 0.219. The lowest BCUT2D eigenvalue weighted by atomic mass is 10.1. The summed E-state index contributed by atoms with van der Waals surface area (Å²) in [5, 5.41) is 14.4. The molecule has 0 saturated carbocycles. The van der Waals surface area contributed by atoms with Crippen molar-refractivity contribution in [2.75, 3.05) is 4.90 Å². The normalized spacial score (nSPS) is 14.2. The van der Waals surface area contributed by atoms with E-state index in [1.165, 1.54) is 0 Å². The van der Waals surface area contributed by atoms with Gasteiger partial charge >= 0.3 is 0 Å². The highest BCUT2D eigenvalue weighted by atomic mass is 35.5. The molecular formula is C38H26ClN7O2. The first-order valence-corrected chi connectivity index (χ1v) is 15.4. The van der Waals surface area contributed by atoms with Gasteiger partial charge in [-0.2, -0.15) is 0 Å². The van der Waals surface area contributed by atoms with E-state index in [9.17, 15) is 9.59 Å². The average molecular weight is 648 g/mol. The van der Waals surface area contributed by atoms with Crippen LogP contribution in [0.2, 0.25) is 5.02 Å². The molecule has 0 bridgehead atoms. The van der Waals surface area contributed by atoms with Crippen LogP contribution in [0.1, 0.15) is 27.0 Å². The molecule has 2 amide bonds. The molecule has 0 fully saturated rings. The first-order chi connectivity index (χ1) is 23.5. The van der Waals surface area contributed by atoms with Crippen LogP contribution in [0.15, 0.2) is 166 Å². The van der Waals surface area contributed by atoms with Crippen molar-refractivity contribution in [1.29, 1.82) is 0 Å². The number of para-hydroxylation sites is 1. The van der Waals surface area contributed by atoms with Gasteiger partial charge in [0.2, 0.25) is 5.84 Å². The van der Waals surface area contributed by atoms with Crippen LogP contribution >= 0.6 is 11.6 Å². The Hall–Kier alpha value is -6.45. The van der Waals surface area contributed by atoms with Gasteiger partial charge in [-0.05, 0) is 60.7 Å². The zero-order chi connectivity index (χ0) is 32.9. The van der Waals surface area contributed by atoms with E-state index in [-0.39, 0.29) is 11.7 Å². The predicted molar refractivity (Wildman–Crippen MR) is 190 cm³/mol. The number of aromatic amines is 1. The number of benzene rings is 5. The summed E-state index contributed by atoms with van der Waals surface area (Å²) < 4.78 is 0. The fraction of sp³-hybridized carbons (Fsp3) is 0. The maximum absolute atomic E-state index is 13.9. The first kappa shape index (κ1) is 30.2. The molecule has 2 N–H and O–H groups in total. The summed E-state index contributed by atoms with van der Waals surface area (Å²) in [5.74, 6) is -0.0239. The van der Waals surface area contributed by atoms with E-state index in [2.05, 4.69) is 25.7 Å². The number of amidine groups is 2. The molecule has 1 aliphatic heterocycles. The van der Waals surface area contributed by atoms with Gasteiger partial charge in [0, 0.05) is 44.4 Å². The van der Waals surface area contributed by atoms with Gasteiger partial charge in [0.05, 0.1) is 11.4 Å². The number of hydrogen-bond donors (Lipinski definition) is 2. The molecule has 0 aliphatic carbocycles. The maximum Gasteiger partial charge on any atom is 0.282 e. The van der Waals surface area contributed by atoms with Crippen LogP contribution in [0.3, 0.4) is 0 Å².